The largest absolute Gasteiger partial charge is 0.487 e. The third-order valence-corrected chi connectivity index (χ3v) is 7.99. The van der Waals surface area contributed by atoms with Gasteiger partial charge in [0, 0.05) is 28.4 Å². The lowest BCUT2D eigenvalue weighted by molar-refractivity contribution is 0.156. The molecule has 4 N–H and O–H groups in total. The van der Waals surface area contributed by atoms with Crippen molar-refractivity contribution >= 4 is 44.7 Å². The van der Waals surface area contributed by atoms with Crippen LogP contribution in [-0.2, 0) is 26.0 Å². The summed E-state index contributed by atoms with van der Waals surface area (Å²) in [4.78, 5) is 11.1. The highest BCUT2D eigenvalue weighted by molar-refractivity contribution is 7.22. The van der Waals surface area contributed by atoms with E-state index < -0.39 is 6.10 Å². The molecule has 1 aliphatic rings. The molecule has 3 aromatic heterocycles. The molecule has 8 nitrogen and oxygen atoms in total. The molecule has 0 radical (unpaired) electrons. The van der Waals surface area contributed by atoms with E-state index in [4.69, 9.17) is 22.1 Å². The number of aliphatic hydroxyl groups is 1. The number of hydrogen-bond acceptors (Lipinski definition) is 8. The van der Waals surface area contributed by atoms with E-state index in [1.165, 1.54) is 17.7 Å². The Morgan fingerprint density at radius 3 is 2.92 bits per heavy atom. The number of halogens is 2. The SMILES string of the molecule is NC[C@@H](O)Cn1ncc2c1CCc1c-2sc2ncnc(Nc3ccc(OCc4cccc(F)c4)c(Cl)c3)c12. The molecule has 6 rings (SSSR count). The highest BCUT2D eigenvalue weighted by Crippen LogP contribution is 2.45. The van der Waals surface area contributed by atoms with Gasteiger partial charge in [-0.1, -0.05) is 23.7 Å². The summed E-state index contributed by atoms with van der Waals surface area (Å²) in [6.45, 7) is 0.778. The molecular weight excluding hydrogens is 527 g/mol. The zero-order chi connectivity index (χ0) is 26.2. The molecule has 0 unspecified atom stereocenters. The Labute approximate surface area is 226 Å². The van der Waals surface area contributed by atoms with Crippen LogP contribution in [0.5, 0.6) is 5.75 Å². The fourth-order valence-corrected chi connectivity index (χ4v) is 6.16. The zero-order valence-corrected chi connectivity index (χ0v) is 21.8. The Kier molecular flexibility index (Phi) is 6.71. The quantitative estimate of drug-likeness (QED) is 0.247. The number of benzene rings is 2. The molecule has 3 heterocycles. The van der Waals surface area contributed by atoms with E-state index in [0.29, 0.717) is 23.1 Å². The molecular formula is C27H24ClFN6O2S. The first-order valence-corrected chi connectivity index (χ1v) is 13.3. The van der Waals surface area contributed by atoms with Gasteiger partial charge in [-0.15, -0.1) is 11.3 Å². The molecule has 0 spiro atoms. The second-order valence-corrected chi connectivity index (χ2v) is 10.5. The van der Waals surface area contributed by atoms with Crippen molar-refractivity contribution in [2.45, 2.75) is 32.1 Å². The molecule has 2 aromatic carbocycles. The fraction of sp³-hybridized carbons (Fsp3) is 0.222. The van der Waals surface area contributed by atoms with Crippen molar-refractivity contribution in [3.05, 3.63) is 82.6 Å². The maximum Gasteiger partial charge on any atom is 0.142 e. The first kappa shape index (κ1) is 24.7. The summed E-state index contributed by atoms with van der Waals surface area (Å²) in [5.41, 5.74) is 10.4. The number of thiophene rings is 1. The molecule has 0 fully saturated rings. The van der Waals surface area contributed by atoms with Crippen molar-refractivity contribution in [1.82, 2.24) is 19.7 Å². The Bertz CT molecular complexity index is 1640. The van der Waals surface area contributed by atoms with Crippen molar-refractivity contribution < 1.29 is 14.2 Å². The average Bonchev–Trinajstić information content (AvgIpc) is 3.50. The number of anilines is 2. The van der Waals surface area contributed by atoms with Crippen molar-refractivity contribution in [2.24, 2.45) is 5.73 Å². The predicted molar refractivity (Wildman–Crippen MR) is 147 cm³/mol. The monoisotopic (exact) mass is 550 g/mol. The molecule has 0 bridgehead atoms. The van der Waals surface area contributed by atoms with Crippen molar-refractivity contribution in [3.63, 3.8) is 0 Å². The van der Waals surface area contributed by atoms with Crippen LogP contribution in [0.2, 0.25) is 5.02 Å². The van der Waals surface area contributed by atoms with Gasteiger partial charge in [-0.05, 0) is 54.3 Å². The second-order valence-electron chi connectivity index (χ2n) is 9.08. The van der Waals surface area contributed by atoms with E-state index in [9.17, 15) is 9.50 Å². The minimum atomic E-state index is -0.630. The van der Waals surface area contributed by atoms with Crippen LogP contribution in [0.15, 0.2) is 55.0 Å². The minimum absolute atomic E-state index is 0.192. The van der Waals surface area contributed by atoms with Gasteiger partial charge in [0.25, 0.3) is 0 Å². The number of aliphatic hydroxyl groups excluding tert-OH is 1. The molecule has 0 aliphatic heterocycles. The minimum Gasteiger partial charge on any atom is -0.487 e. The summed E-state index contributed by atoms with van der Waals surface area (Å²) in [6.07, 6.45) is 4.38. The normalized spacial score (nSPS) is 13.3. The lowest BCUT2D eigenvalue weighted by atomic mass is 9.95. The van der Waals surface area contributed by atoms with Crippen LogP contribution < -0.4 is 15.8 Å². The van der Waals surface area contributed by atoms with Crippen LogP contribution in [0.1, 0.15) is 16.8 Å². The number of rotatable bonds is 8. The number of nitrogens with one attached hydrogen (secondary N) is 1. The van der Waals surface area contributed by atoms with Crippen LogP contribution in [0, 0.1) is 5.82 Å². The topological polar surface area (TPSA) is 111 Å². The van der Waals surface area contributed by atoms with E-state index in [0.717, 1.165) is 50.4 Å². The number of nitrogens with two attached hydrogens (primary N) is 1. The van der Waals surface area contributed by atoms with Crippen LogP contribution >= 0.6 is 22.9 Å². The van der Waals surface area contributed by atoms with Gasteiger partial charge in [-0.25, -0.2) is 14.4 Å². The molecule has 11 heteroatoms. The summed E-state index contributed by atoms with van der Waals surface area (Å²) >= 11 is 8.12. The van der Waals surface area contributed by atoms with Crippen molar-refractivity contribution in [2.75, 3.05) is 11.9 Å². The predicted octanol–water partition coefficient (Wildman–Crippen LogP) is 5.09. The Hall–Kier alpha value is -3.57. The average molecular weight is 551 g/mol. The van der Waals surface area contributed by atoms with Crippen molar-refractivity contribution in [3.8, 4) is 16.2 Å². The lowest BCUT2D eigenvalue weighted by Crippen LogP contribution is -2.27. The summed E-state index contributed by atoms with van der Waals surface area (Å²) in [5.74, 6) is 0.900. The van der Waals surface area contributed by atoms with Crippen LogP contribution in [0.25, 0.3) is 20.7 Å². The fourth-order valence-electron chi connectivity index (χ4n) is 4.70. The van der Waals surface area contributed by atoms with E-state index in [1.54, 1.807) is 41.9 Å². The molecule has 194 valence electrons. The number of nitrogens with zero attached hydrogens (tertiary/aromatic N) is 4. The number of fused-ring (bicyclic) bond motifs is 5. The first-order chi connectivity index (χ1) is 18.5. The van der Waals surface area contributed by atoms with E-state index in [-0.39, 0.29) is 19.0 Å². The number of hydrogen-bond donors (Lipinski definition) is 3. The summed E-state index contributed by atoms with van der Waals surface area (Å²) in [5, 5.41) is 19.3. The molecule has 0 saturated heterocycles. The van der Waals surface area contributed by atoms with E-state index in [2.05, 4.69) is 20.4 Å². The smallest absolute Gasteiger partial charge is 0.142 e. The third-order valence-electron chi connectivity index (χ3n) is 6.53. The highest BCUT2D eigenvalue weighted by atomic mass is 35.5. The van der Waals surface area contributed by atoms with E-state index in [1.807, 2.05) is 16.9 Å². The van der Waals surface area contributed by atoms with Crippen molar-refractivity contribution in [1.29, 1.82) is 0 Å². The van der Waals surface area contributed by atoms with Crippen LogP contribution in [0.3, 0.4) is 0 Å². The zero-order valence-electron chi connectivity index (χ0n) is 20.2. The molecule has 1 aliphatic carbocycles. The first-order valence-electron chi connectivity index (χ1n) is 12.1. The lowest BCUT2D eigenvalue weighted by Gasteiger charge is -2.17. The second kappa shape index (κ2) is 10.3. The van der Waals surface area contributed by atoms with Gasteiger partial charge >= 0.3 is 0 Å². The molecule has 1 atom stereocenters. The van der Waals surface area contributed by atoms with Gasteiger partial charge in [0.1, 0.15) is 35.1 Å². The standard InChI is InChI=1S/C27H24ClFN6O2S/c28-21-9-17(4-7-23(21)37-13-15-2-1-3-16(29)8-15)34-26-24-19-5-6-22-20(11-33-35(22)12-18(36)10-30)25(19)38-27(24)32-14-31-26/h1-4,7-9,11,14,18,36H,5-6,10,12-13,30H2,(H,31,32,34)/t18-/m1/s1. The Balaban J connectivity index is 1.26. The van der Waals surface area contributed by atoms with Crippen LogP contribution in [0.4, 0.5) is 15.9 Å². The Morgan fingerprint density at radius 1 is 1.21 bits per heavy atom. The van der Waals surface area contributed by atoms with E-state index >= 15 is 0 Å². The van der Waals surface area contributed by atoms with Crippen LogP contribution in [-0.4, -0.2) is 37.5 Å². The molecule has 38 heavy (non-hydrogen) atoms. The van der Waals surface area contributed by atoms with Gasteiger partial charge < -0.3 is 20.9 Å². The molecule has 0 amide bonds. The summed E-state index contributed by atoms with van der Waals surface area (Å²) in [6, 6.07) is 11.7. The van der Waals surface area contributed by atoms with Gasteiger partial charge in [0.15, 0.2) is 0 Å². The maximum absolute atomic E-state index is 13.4. The highest BCUT2D eigenvalue weighted by Gasteiger charge is 2.27. The maximum atomic E-state index is 13.4. The van der Waals surface area contributed by atoms with Gasteiger partial charge in [-0.2, -0.15) is 5.10 Å². The van der Waals surface area contributed by atoms with Gasteiger partial charge in [0.05, 0.1) is 29.3 Å². The van der Waals surface area contributed by atoms with Gasteiger partial charge in [0.2, 0.25) is 0 Å². The third kappa shape index (κ3) is 4.71. The number of aryl methyl sites for hydroxylation is 1. The molecule has 0 saturated carbocycles. The number of ether oxygens (including phenoxy) is 1. The van der Waals surface area contributed by atoms with Gasteiger partial charge in [-0.3, -0.25) is 4.68 Å². The summed E-state index contributed by atoms with van der Waals surface area (Å²) in [7, 11) is 0. The number of aromatic nitrogens is 4. The summed E-state index contributed by atoms with van der Waals surface area (Å²) < 4.78 is 21.1. The molecule has 5 aromatic rings. The Morgan fingerprint density at radius 2 is 2.11 bits per heavy atom.